The fraction of sp³-hybridized carbons (Fsp3) is 0.467. The molecule has 0 fully saturated rings. The van der Waals surface area contributed by atoms with Gasteiger partial charge < -0.3 is 19.6 Å². The van der Waals surface area contributed by atoms with Crippen LogP contribution in [0.2, 0.25) is 0 Å². The lowest BCUT2D eigenvalue weighted by atomic mass is 10.1. The average molecular weight is 263 g/mol. The van der Waals surface area contributed by atoms with Crippen LogP contribution in [0.1, 0.15) is 24.7 Å². The summed E-state index contributed by atoms with van der Waals surface area (Å²) in [6, 6.07) is 7.92. The lowest BCUT2D eigenvalue weighted by molar-refractivity contribution is 0.0407. The van der Waals surface area contributed by atoms with E-state index in [1.165, 1.54) is 0 Å². The van der Waals surface area contributed by atoms with E-state index in [0.29, 0.717) is 26.4 Å². The van der Waals surface area contributed by atoms with Crippen LogP contribution in [0.5, 0.6) is 0 Å². The Morgan fingerprint density at radius 2 is 1.89 bits per heavy atom. The summed E-state index contributed by atoms with van der Waals surface area (Å²) >= 11 is 0. The maximum Gasteiger partial charge on any atom is 0.134 e. The van der Waals surface area contributed by atoms with Gasteiger partial charge in [-0.3, -0.25) is 0 Å². The van der Waals surface area contributed by atoms with E-state index in [2.05, 4.69) is 6.92 Å². The van der Waals surface area contributed by atoms with Crippen molar-refractivity contribution in [2.24, 2.45) is 5.73 Å². The molecule has 1 heterocycles. The zero-order valence-corrected chi connectivity index (χ0v) is 11.4. The predicted octanol–water partition coefficient (Wildman–Crippen LogP) is 2.83. The second-order valence-corrected chi connectivity index (χ2v) is 4.37. The molecule has 0 bridgehead atoms. The monoisotopic (exact) mass is 263 g/mol. The topological polar surface area (TPSA) is 57.6 Å². The van der Waals surface area contributed by atoms with Crippen LogP contribution >= 0.6 is 0 Å². The number of hydrogen-bond donors (Lipinski definition) is 1. The van der Waals surface area contributed by atoms with E-state index in [-0.39, 0.29) is 0 Å². The van der Waals surface area contributed by atoms with Crippen molar-refractivity contribution in [3.8, 4) is 0 Å². The van der Waals surface area contributed by atoms with Gasteiger partial charge in [-0.15, -0.1) is 0 Å². The van der Waals surface area contributed by atoms with Crippen molar-refractivity contribution in [3.05, 3.63) is 35.6 Å². The highest BCUT2D eigenvalue weighted by atomic mass is 16.5. The van der Waals surface area contributed by atoms with Gasteiger partial charge in [-0.25, -0.2) is 0 Å². The first-order chi connectivity index (χ1) is 9.36. The van der Waals surface area contributed by atoms with E-state index in [1.807, 2.05) is 24.3 Å². The molecule has 0 aliphatic rings. The van der Waals surface area contributed by atoms with E-state index in [9.17, 15) is 0 Å². The molecule has 2 N–H and O–H groups in total. The van der Waals surface area contributed by atoms with Crippen molar-refractivity contribution in [1.82, 2.24) is 0 Å². The van der Waals surface area contributed by atoms with Crippen LogP contribution in [-0.4, -0.2) is 19.8 Å². The van der Waals surface area contributed by atoms with Crippen molar-refractivity contribution >= 4 is 11.0 Å². The SMILES string of the molecule is CCCOCCOCc1c(CN)oc2ccccc12. The van der Waals surface area contributed by atoms with E-state index < -0.39 is 0 Å². The van der Waals surface area contributed by atoms with Crippen LogP contribution in [-0.2, 0) is 22.6 Å². The predicted molar refractivity (Wildman–Crippen MR) is 74.9 cm³/mol. The first-order valence-electron chi connectivity index (χ1n) is 6.71. The second-order valence-electron chi connectivity index (χ2n) is 4.37. The summed E-state index contributed by atoms with van der Waals surface area (Å²) < 4.78 is 16.7. The van der Waals surface area contributed by atoms with Crippen molar-refractivity contribution in [3.63, 3.8) is 0 Å². The zero-order chi connectivity index (χ0) is 13.5. The lowest BCUT2D eigenvalue weighted by Gasteiger charge is -2.05. The lowest BCUT2D eigenvalue weighted by Crippen LogP contribution is -2.06. The molecule has 0 saturated heterocycles. The van der Waals surface area contributed by atoms with Gasteiger partial charge in [0.05, 0.1) is 26.4 Å². The second kappa shape index (κ2) is 7.28. The van der Waals surface area contributed by atoms with Crippen LogP contribution < -0.4 is 5.73 Å². The number of hydrogen-bond acceptors (Lipinski definition) is 4. The number of benzene rings is 1. The molecule has 104 valence electrons. The third-order valence-electron chi connectivity index (χ3n) is 2.93. The van der Waals surface area contributed by atoms with Gasteiger partial charge in [0.2, 0.25) is 0 Å². The van der Waals surface area contributed by atoms with Crippen LogP contribution in [0.3, 0.4) is 0 Å². The van der Waals surface area contributed by atoms with Gasteiger partial charge in [0.25, 0.3) is 0 Å². The highest BCUT2D eigenvalue weighted by molar-refractivity contribution is 5.82. The number of furan rings is 1. The number of para-hydroxylation sites is 1. The Morgan fingerprint density at radius 3 is 2.68 bits per heavy atom. The van der Waals surface area contributed by atoms with Crippen molar-refractivity contribution in [2.75, 3.05) is 19.8 Å². The Labute approximate surface area is 113 Å². The molecule has 0 saturated carbocycles. The Morgan fingerprint density at radius 1 is 1.11 bits per heavy atom. The molecule has 19 heavy (non-hydrogen) atoms. The molecule has 0 unspecified atom stereocenters. The van der Waals surface area contributed by atoms with Gasteiger partial charge >= 0.3 is 0 Å². The smallest absolute Gasteiger partial charge is 0.134 e. The fourth-order valence-electron chi connectivity index (χ4n) is 2.01. The van der Waals surface area contributed by atoms with Gasteiger partial charge in [0.15, 0.2) is 0 Å². The van der Waals surface area contributed by atoms with E-state index in [0.717, 1.165) is 35.3 Å². The molecule has 1 aromatic heterocycles. The standard InChI is InChI=1S/C15H21NO3/c1-2-7-17-8-9-18-11-13-12-5-3-4-6-14(12)19-15(13)10-16/h3-6H,2,7-11,16H2,1H3. The summed E-state index contributed by atoms with van der Waals surface area (Å²) in [7, 11) is 0. The van der Waals surface area contributed by atoms with E-state index >= 15 is 0 Å². The van der Waals surface area contributed by atoms with E-state index in [4.69, 9.17) is 19.6 Å². The largest absolute Gasteiger partial charge is 0.459 e. The van der Waals surface area contributed by atoms with Crippen molar-refractivity contribution in [2.45, 2.75) is 26.5 Å². The van der Waals surface area contributed by atoms with Crippen molar-refractivity contribution in [1.29, 1.82) is 0 Å². The fourth-order valence-corrected chi connectivity index (χ4v) is 2.01. The highest BCUT2D eigenvalue weighted by Crippen LogP contribution is 2.26. The van der Waals surface area contributed by atoms with Gasteiger partial charge in [0.1, 0.15) is 11.3 Å². The maximum atomic E-state index is 5.71. The zero-order valence-electron chi connectivity index (χ0n) is 11.4. The summed E-state index contributed by atoms with van der Waals surface area (Å²) in [6.45, 7) is 4.99. The Balaban J connectivity index is 1.95. The summed E-state index contributed by atoms with van der Waals surface area (Å²) in [5.74, 6) is 0.802. The molecule has 4 nitrogen and oxygen atoms in total. The number of nitrogens with two attached hydrogens (primary N) is 1. The third-order valence-corrected chi connectivity index (χ3v) is 2.93. The molecule has 1 aromatic carbocycles. The minimum absolute atomic E-state index is 0.389. The minimum atomic E-state index is 0.389. The molecule has 2 rings (SSSR count). The Bertz CT molecular complexity index is 507. The quantitative estimate of drug-likeness (QED) is 0.744. The van der Waals surface area contributed by atoms with Crippen molar-refractivity contribution < 1.29 is 13.9 Å². The van der Waals surface area contributed by atoms with Crippen LogP contribution in [0.15, 0.2) is 28.7 Å². The Hall–Kier alpha value is -1.36. The normalized spacial score (nSPS) is 11.3. The molecule has 0 radical (unpaired) electrons. The molecule has 0 aliphatic heterocycles. The van der Waals surface area contributed by atoms with Gasteiger partial charge in [0, 0.05) is 17.6 Å². The Kier molecular flexibility index (Phi) is 5.39. The van der Waals surface area contributed by atoms with Gasteiger partial charge in [-0.2, -0.15) is 0 Å². The third kappa shape index (κ3) is 3.56. The molecule has 0 atom stereocenters. The minimum Gasteiger partial charge on any atom is -0.459 e. The number of ether oxygens (including phenoxy) is 2. The highest BCUT2D eigenvalue weighted by Gasteiger charge is 2.12. The van der Waals surface area contributed by atoms with E-state index in [1.54, 1.807) is 0 Å². The molecular weight excluding hydrogens is 242 g/mol. The molecule has 0 spiro atoms. The molecule has 2 aromatic rings. The summed E-state index contributed by atoms with van der Waals surface area (Å²) in [6.07, 6.45) is 1.03. The summed E-state index contributed by atoms with van der Waals surface area (Å²) in [5.41, 5.74) is 7.62. The van der Waals surface area contributed by atoms with Gasteiger partial charge in [-0.1, -0.05) is 25.1 Å². The van der Waals surface area contributed by atoms with Gasteiger partial charge in [-0.05, 0) is 12.5 Å². The summed E-state index contributed by atoms with van der Waals surface area (Å²) in [5, 5.41) is 1.08. The number of rotatable bonds is 8. The first-order valence-corrected chi connectivity index (χ1v) is 6.71. The first kappa shape index (κ1) is 14.1. The maximum absolute atomic E-state index is 5.71. The molecule has 4 heteroatoms. The molecule has 0 amide bonds. The average Bonchev–Trinajstić information content (AvgIpc) is 2.81. The molecule has 0 aliphatic carbocycles. The molecular formula is C15H21NO3. The van der Waals surface area contributed by atoms with Crippen LogP contribution in [0.4, 0.5) is 0 Å². The summed E-state index contributed by atoms with van der Waals surface area (Å²) in [4.78, 5) is 0. The number of fused-ring (bicyclic) bond motifs is 1. The van der Waals surface area contributed by atoms with Crippen LogP contribution in [0.25, 0.3) is 11.0 Å². The van der Waals surface area contributed by atoms with Crippen LogP contribution in [0, 0.1) is 0 Å².